The second-order valence-corrected chi connectivity index (χ2v) is 7.87. The molecule has 0 amide bonds. The lowest BCUT2D eigenvalue weighted by atomic mass is 10.00. The molecular weight excluding hydrogens is 322 g/mol. The molecule has 1 saturated heterocycles. The van der Waals surface area contributed by atoms with Crippen molar-refractivity contribution >= 4 is 11.8 Å². The molecule has 24 heavy (non-hydrogen) atoms. The van der Waals surface area contributed by atoms with Gasteiger partial charge in [-0.1, -0.05) is 0 Å². The SMILES string of the molecule is Cn1ccnc1CCN1CC(Cn2nc3c(cc2=O)CSCC3)C1. The summed E-state index contributed by atoms with van der Waals surface area (Å²) >= 11 is 1.89. The fraction of sp³-hybridized carbons (Fsp3) is 0.588. The largest absolute Gasteiger partial charge is 0.338 e. The molecule has 0 atom stereocenters. The first kappa shape index (κ1) is 15.9. The van der Waals surface area contributed by atoms with Gasteiger partial charge in [-0.2, -0.15) is 16.9 Å². The monoisotopic (exact) mass is 345 g/mol. The van der Waals surface area contributed by atoms with Crippen LogP contribution >= 0.6 is 11.8 Å². The van der Waals surface area contributed by atoms with Crippen molar-refractivity contribution in [3.63, 3.8) is 0 Å². The summed E-state index contributed by atoms with van der Waals surface area (Å²) in [5, 5.41) is 4.62. The molecule has 6 nitrogen and oxygen atoms in total. The van der Waals surface area contributed by atoms with Gasteiger partial charge in [0.1, 0.15) is 5.82 Å². The Balaban J connectivity index is 1.30. The molecule has 0 aromatic carbocycles. The van der Waals surface area contributed by atoms with Gasteiger partial charge in [0.25, 0.3) is 5.56 Å². The fourth-order valence-electron chi connectivity index (χ4n) is 3.50. The third-order valence-electron chi connectivity index (χ3n) is 4.94. The Bertz CT molecular complexity index is 778. The smallest absolute Gasteiger partial charge is 0.267 e. The van der Waals surface area contributed by atoms with Gasteiger partial charge in [0.05, 0.1) is 12.2 Å². The van der Waals surface area contributed by atoms with Crippen LogP contribution in [0, 0.1) is 5.92 Å². The van der Waals surface area contributed by atoms with E-state index in [1.165, 1.54) is 0 Å². The molecule has 2 aliphatic rings. The summed E-state index contributed by atoms with van der Waals surface area (Å²) in [5.74, 6) is 3.71. The number of hydrogen-bond acceptors (Lipinski definition) is 5. The maximum Gasteiger partial charge on any atom is 0.267 e. The van der Waals surface area contributed by atoms with E-state index in [9.17, 15) is 4.79 Å². The fourth-order valence-corrected chi connectivity index (χ4v) is 4.45. The number of rotatable bonds is 5. The molecule has 0 radical (unpaired) electrons. The summed E-state index contributed by atoms with van der Waals surface area (Å²) in [6.45, 7) is 3.88. The quantitative estimate of drug-likeness (QED) is 0.807. The van der Waals surface area contributed by atoms with Crippen LogP contribution in [0.4, 0.5) is 0 Å². The molecule has 0 saturated carbocycles. The lowest BCUT2D eigenvalue weighted by Crippen LogP contribution is -2.50. The van der Waals surface area contributed by atoms with Crippen LogP contribution in [-0.2, 0) is 32.2 Å². The molecule has 4 heterocycles. The summed E-state index contributed by atoms with van der Waals surface area (Å²) < 4.78 is 3.77. The van der Waals surface area contributed by atoms with Gasteiger partial charge in [-0.15, -0.1) is 0 Å². The van der Waals surface area contributed by atoms with Gasteiger partial charge in [-0.05, 0) is 11.3 Å². The number of fused-ring (bicyclic) bond motifs is 1. The van der Waals surface area contributed by atoms with E-state index in [1.807, 2.05) is 31.2 Å². The summed E-state index contributed by atoms with van der Waals surface area (Å²) in [7, 11) is 2.04. The standard InChI is InChI=1S/C17H23N5OS/c1-20-6-4-18-16(20)2-5-21-9-13(10-21)11-22-17(23)8-14-12-24-7-3-15(14)19-22/h4,6,8,13H,2-3,5,7,9-12H2,1H3. The van der Waals surface area contributed by atoms with E-state index in [4.69, 9.17) is 0 Å². The molecular formula is C17H23N5OS. The van der Waals surface area contributed by atoms with Gasteiger partial charge in [-0.3, -0.25) is 4.79 Å². The Labute approximate surface area is 145 Å². The average Bonchev–Trinajstić information content (AvgIpc) is 2.95. The Morgan fingerprint density at radius 2 is 2.25 bits per heavy atom. The lowest BCUT2D eigenvalue weighted by molar-refractivity contribution is 0.0846. The topological polar surface area (TPSA) is 56.0 Å². The number of aryl methyl sites for hydroxylation is 2. The second-order valence-electron chi connectivity index (χ2n) is 6.77. The van der Waals surface area contributed by atoms with Crippen LogP contribution in [0.1, 0.15) is 17.1 Å². The van der Waals surface area contributed by atoms with Crippen molar-refractivity contribution in [2.75, 3.05) is 25.4 Å². The zero-order valence-electron chi connectivity index (χ0n) is 14.0. The van der Waals surface area contributed by atoms with E-state index in [1.54, 1.807) is 10.7 Å². The first-order valence-electron chi connectivity index (χ1n) is 8.55. The number of likely N-dealkylation sites (tertiary alicyclic amines) is 1. The Morgan fingerprint density at radius 3 is 3.04 bits per heavy atom. The Morgan fingerprint density at radius 1 is 1.38 bits per heavy atom. The van der Waals surface area contributed by atoms with Gasteiger partial charge in [0, 0.05) is 69.7 Å². The summed E-state index contributed by atoms with van der Waals surface area (Å²) in [5.41, 5.74) is 2.32. The van der Waals surface area contributed by atoms with Gasteiger partial charge < -0.3 is 9.47 Å². The summed E-state index contributed by atoms with van der Waals surface area (Å²) in [6.07, 6.45) is 5.80. The maximum absolute atomic E-state index is 12.2. The van der Waals surface area contributed by atoms with E-state index in [0.29, 0.717) is 5.92 Å². The van der Waals surface area contributed by atoms with Crippen LogP contribution in [0.3, 0.4) is 0 Å². The molecule has 0 bridgehead atoms. The van der Waals surface area contributed by atoms with E-state index in [0.717, 1.165) is 67.6 Å². The van der Waals surface area contributed by atoms with Crippen LogP contribution in [0.5, 0.6) is 0 Å². The number of thioether (sulfide) groups is 1. The number of hydrogen-bond donors (Lipinski definition) is 0. The van der Waals surface area contributed by atoms with Crippen molar-refractivity contribution < 1.29 is 0 Å². The van der Waals surface area contributed by atoms with Crippen molar-refractivity contribution in [1.29, 1.82) is 0 Å². The van der Waals surface area contributed by atoms with E-state index < -0.39 is 0 Å². The summed E-state index contributed by atoms with van der Waals surface area (Å²) in [4.78, 5) is 19.0. The molecule has 0 aliphatic carbocycles. The summed E-state index contributed by atoms with van der Waals surface area (Å²) in [6, 6.07) is 1.80. The Kier molecular flexibility index (Phi) is 4.45. The van der Waals surface area contributed by atoms with Gasteiger partial charge in [0.2, 0.25) is 0 Å². The molecule has 2 aromatic heterocycles. The number of aromatic nitrogens is 4. The molecule has 0 spiro atoms. The first-order valence-corrected chi connectivity index (χ1v) is 9.71. The predicted molar refractivity (Wildman–Crippen MR) is 95.2 cm³/mol. The van der Waals surface area contributed by atoms with Crippen LogP contribution in [0.25, 0.3) is 0 Å². The lowest BCUT2D eigenvalue weighted by Gasteiger charge is -2.39. The van der Waals surface area contributed by atoms with Gasteiger partial charge >= 0.3 is 0 Å². The molecule has 1 fully saturated rings. The van der Waals surface area contributed by atoms with Crippen molar-refractivity contribution in [2.45, 2.75) is 25.1 Å². The highest BCUT2D eigenvalue weighted by molar-refractivity contribution is 7.98. The molecule has 2 aromatic rings. The minimum atomic E-state index is 0.0581. The number of imidazole rings is 1. The molecule has 0 N–H and O–H groups in total. The number of nitrogens with zero attached hydrogens (tertiary/aromatic N) is 5. The maximum atomic E-state index is 12.2. The van der Waals surface area contributed by atoms with Crippen LogP contribution in [0.2, 0.25) is 0 Å². The minimum Gasteiger partial charge on any atom is -0.338 e. The molecule has 2 aliphatic heterocycles. The zero-order chi connectivity index (χ0) is 16.5. The minimum absolute atomic E-state index is 0.0581. The van der Waals surface area contributed by atoms with E-state index in [2.05, 4.69) is 19.5 Å². The van der Waals surface area contributed by atoms with Crippen molar-refractivity contribution in [2.24, 2.45) is 13.0 Å². The Hall–Kier alpha value is -1.60. The highest BCUT2D eigenvalue weighted by Crippen LogP contribution is 2.22. The highest BCUT2D eigenvalue weighted by atomic mass is 32.2. The van der Waals surface area contributed by atoms with Crippen molar-refractivity contribution in [3.05, 3.63) is 45.9 Å². The molecule has 4 rings (SSSR count). The van der Waals surface area contributed by atoms with Gasteiger partial charge in [-0.25, -0.2) is 9.67 Å². The second kappa shape index (κ2) is 6.72. The van der Waals surface area contributed by atoms with E-state index in [-0.39, 0.29) is 5.56 Å². The van der Waals surface area contributed by atoms with Crippen molar-refractivity contribution in [1.82, 2.24) is 24.2 Å². The first-order chi connectivity index (χ1) is 11.7. The molecule has 0 unspecified atom stereocenters. The van der Waals surface area contributed by atoms with E-state index >= 15 is 0 Å². The molecule has 7 heteroatoms. The predicted octanol–water partition coefficient (Wildman–Crippen LogP) is 0.941. The zero-order valence-corrected chi connectivity index (χ0v) is 14.8. The van der Waals surface area contributed by atoms with Crippen LogP contribution in [0.15, 0.2) is 23.3 Å². The third-order valence-corrected chi connectivity index (χ3v) is 5.95. The van der Waals surface area contributed by atoms with Crippen LogP contribution < -0.4 is 5.56 Å². The van der Waals surface area contributed by atoms with Gasteiger partial charge in [0.15, 0.2) is 0 Å². The third kappa shape index (κ3) is 3.28. The van der Waals surface area contributed by atoms with Crippen LogP contribution in [-0.4, -0.2) is 49.6 Å². The normalized spacial score (nSPS) is 18.4. The average molecular weight is 345 g/mol. The highest BCUT2D eigenvalue weighted by Gasteiger charge is 2.27. The molecule has 128 valence electrons. The van der Waals surface area contributed by atoms with Crippen molar-refractivity contribution in [3.8, 4) is 0 Å².